The lowest BCUT2D eigenvalue weighted by atomic mass is 10.5. The van der Waals surface area contributed by atoms with Crippen molar-refractivity contribution >= 4 is 16.8 Å². The van der Waals surface area contributed by atoms with Crippen molar-refractivity contribution in [2.75, 3.05) is 24.6 Å². The number of ether oxygens (including phenoxy) is 1. The molecule has 0 radical (unpaired) electrons. The Kier molecular flexibility index (Phi) is 7.70. The summed E-state index contributed by atoms with van der Waals surface area (Å²) in [7, 11) is -0.767. The lowest BCUT2D eigenvalue weighted by Crippen LogP contribution is -2.29. The summed E-state index contributed by atoms with van der Waals surface area (Å²) < 4.78 is 15.9. The molecule has 84 valence electrons. The third kappa shape index (κ3) is 8.19. The molecule has 0 fully saturated rings. The first-order chi connectivity index (χ1) is 6.56. The molecular formula is C9H19NO3S. The molecule has 0 aliphatic rings. The molecule has 4 nitrogen and oxygen atoms in total. The van der Waals surface area contributed by atoms with Gasteiger partial charge in [-0.3, -0.25) is 9.00 Å². The van der Waals surface area contributed by atoms with Gasteiger partial charge in [0.05, 0.1) is 12.6 Å². The van der Waals surface area contributed by atoms with Gasteiger partial charge >= 0.3 is 5.97 Å². The Bertz CT molecular complexity index is 194. The zero-order valence-electron chi connectivity index (χ0n) is 9.04. The molecule has 14 heavy (non-hydrogen) atoms. The predicted molar refractivity (Wildman–Crippen MR) is 57.6 cm³/mol. The number of hydrogen-bond acceptors (Lipinski definition) is 4. The van der Waals surface area contributed by atoms with Gasteiger partial charge in [0.25, 0.3) is 0 Å². The van der Waals surface area contributed by atoms with Gasteiger partial charge in [-0.2, -0.15) is 0 Å². The predicted octanol–water partition coefficient (Wildman–Crippen LogP) is 0.296. The van der Waals surface area contributed by atoms with Crippen molar-refractivity contribution in [1.82, 2.24) is 5.32 Å². The summed E-state index contributed by atoms with van der Waals surface area (Å²) >= 11 is 0. The van der Waals surface area contributed by atoms with Crippen LogP contribution in [0.15, 0.2) is 0 Å². The van der Waals surface area contributed by atoms with E-state index in [4.69, 9.17) is 4.74 Å². The highest BCUT2D eigenvalue weighted by atomic mass is 32.2. The molecule has 0 heterocycles. The molecule has 0 bridgehead atoms. The van der Waals surface area contributed by atoms with Gasteiger partial charge in [0.15, 0.2) is 0 Å². The van der Waals surface area contributed by atoms with E-state index >= 15 is 0 Å². The van der Waals surface area contributed by atoms with E-state index in [0.717, 1.165) is 0 Å². The maximum Gasteiger partial charge on any atom is 0.320 e. The van der Waals surface area contributed by atoms with Gasteiger partial charge in [-0.15, -0.1) is 0 Å². The lowest BCUT2D eigenvalue weighted by molar-refractivity contribution is -0.146. The van der Waals surface area contributed by atoms with Crippen molar-refractivity contribution in [3.05, 3.63) is 0 Å². The van der Waals surface area contributed by atoms with E-state index in [1.165, 1.54) is 0 Å². The van der Waals surface area contributed by atoms with Crippen LogP contribution in [0.5, 0.6) is 0 Å². The van der Waals surface area contributed by atoms with Crippen LogP contribution in [-0.2, 0) is 20.3 Å². The number of carbonyl (C=O) groups is 1. The van der Waals surface area contributed by atoms with Gasteiger partial charge in [0, 0.05) is 28.9 Å². The monoisotopic (exact) mass is 221 g/mol. The smallest absolute Gasteiger partial charge is 0.320 e. The quantitative estimate of drug-likeness (QED) is 0.496. The molecule has 5 heteroatoms. The molecule has 1 N–H and O–H groups in total. The van der Waals surface area contributed by atoms with Crippen LogP contribution in [0.4, 0.5) is 0 Å². The Balaban J connectivity index is 3.36. The minimum Gasteiger partial charge on any atom is -0.462 e. The summed E-state index contributed by atoms with van der Waals surface area (Å²) in [6.07, 6.45) is -0.0749. The van der Waals surface area contributed by atoms with Crippen LogP contribution >= 0.6 is 0 Å². The van der Waals surface area contributed by atoms with Crippen molar-refractivity contribution in [2.24, 2.45) is 0 Å². The highest BCUT2D eigenvalue weighted by molar-refractivity contribution is 7.84. The first-order valence-corrected chi connectivity index (χ1v) is 6.30. The fourth-order valence-corrected chi connectivity index (χ4v) is 1.49. The summed E-state index contributed by atoms with van der Waals surface area (Å²) in [6, 6.07) is 0. The largest absolute Gasteiger partial charge is 0.462 e. The highest BCUT2D eigenvalue weighted by Crippen LogP contribution is 1.87. The van der Waals surface area contributed by atoms with Gasteiger partial charge in [-0.05, 0) is 13.8 Å². The van der Waals surface area contributed by atoms with E-state index in [2.05, 4.69) is 5.32 Å². The molecule has 1 atom stereocenters. The van der Waals surface area contributed by atoms with Crippen LogP contribution in [0.2, 0.25) is 0 Å². The van der Waals surface area contributed by atoms with E-state index in [0.29, 0.717) is 18.1 Å². The minimum absolute atomic E-state index is 0.0749. The third-order valence-electron chi connectivity index (χ3n) is 1.46. The molecule has 0 rings (SSSR count). The average molecular weight is 221 g/mol. The van der Waals surface area contributed by atoms with Gasteiger partial charge in [0.1, 0.15) is 0 Å². The number of rotatable bonds is 7. The van der Waals surface area contributed by atoms with Crippen LogP contribution in [0, 0.1) is 0 Å². The first-order valence-electron chi connectivity index (χ1n) is 4.81. The molecule has 0 saturated heterocycles. The molecule has 0 aromatic heterocycles. The Labute approximate surface area is 87.9 Å². The molecule has 1 unspecified atom stereocenters. The van der Waals surface area contributed by atoms with Crippen LogP contribution in [0.3, 0.4) is 0 Å². The molecule has 0 spiro atoms. The molecule has 0 aromatic rings. The van der Waals surface area contributed by atoms with Crippen LogP contribution in [0.25, 0.3) is 0 Å². The van der Waals surface area contributed by atoms with Crippen molar-refractivity contribution in [1.29, 1.82) is 0 Å². The van der Waals surface area contributed by atoms with Crippen molar-refractivity contribution in [3.8, 4) is 0 Å². The average Bonchev–Trinajstić information content (AvgIpc) is 2.10. The second-order valence-corrected chi connectivity index (χ2v) is 5.01. The minimum atomic E-state index is -0.767. The summed E-state index contributed by atoms with van der Waals surface area (Å²) in [5, 5.41) is 2.89. The molecule has 0 amide bonds. The first kappa shape index (κ1) is 13.6. The van der Waals surface area contributed by atoms with Crippen molar-refractivity contribution in [2.45, 2.75) is 26.9 Å². The zero-order chi connectivity index (χ0) is 11.0. The summed E-state index contributed by atoms with van der Waals surface area (Å²) in [5.41, 5.74) is 0. The molecule has 0 aromatic carbocycles. The second kappa shape index (κ2) is 7.94. The zero-order valence-corrected chi connectivity index (χ0v) is 9.86. The third-order valence-corrected chi connectivity index (χ3v) is 2.77. The maximum absolute atomic E-state index is 11.0. The fourth-order valence-electron chi connectivity index (χ4n) is 0.825. The summed E-state index contributed by atoms with van der Waals surface area (Å²) in [5.74, 6) is 0.992. The van der Waals surface area contributed by atoms with Gasteiger partial charge in [0.2, 0.25) is 0 Å². The van der Waals surface area contributed by atoms with Crippen LogP contribution < -0.4 is 5.32 Å². The van der Waals surface area contributed by atoms with Crippen molar-refractivity contribution < 1.29 is 13.7 Å². The van der Waals surface area contributed by atoms with Gasteiger partial charge in [-0.1, -0.05) is 6.92 Å². The van der Waals surface area contributed by atoms with E-state index in [1.54, 1.807) is 0 Å². The topological polar surface area (TPSA) is 55.4 Å². The number of carbonyl (C=O) groups excluding carboxylic acids is 1. The van der Waals surface area contributed by atoms with Crippen molar-refractivity contribution in [3.63, 3.8) is 0 Å². The van der Waals surface area contributed by atoms with Gasteiger partial charge < -0.3 is 10.1 Å². The van der Waals surface area contributed by atoms with Crippen LogP contribution in [0.1, 0.15) is 20.8 Å². The normalized spacial score (nSPS) is 12.9. The van der Waals surface area contributed by atoms with Gasteiger partial charge in [-0.25, -0.2) is 0 Å². The second-order valence-electron chi connectivity index (χ2n) is 3.15. The van der Waals surface area contributed by atoms with E-state index in [-0.39, 0.29) is 18.6 Å². The standard InChI is InChI=1S/C9H19NO3S/c1-4-14(12)6-5-10-7-9(11)13-8(2)3/h8,10H,4-7H2,1-3H3. The summed E-state index contributed by atoms with van der Waals surface area (Å²) in [6.45, 7) is 6.28. The highest BCUT2D eigenvalue weighted by Gasteiger charge is 2.04. The maximum atomic E-state index is 11.0. The number of nitrogens with one attached hydrogen (secondary N) is 1. The Morgan fingerprint density at radius 3 is 2.64 bits per heavy atom. The van der Waals surface area contributed by atoms with E-state index in [1.807, 2.05) is 20.8 Å². The number of esters is 1. The van der Waals surface area contributed by atoms with E-state index in [9.17, 15) is 9.00 Å². The Morgan fingerprint density at radius 1 is 1.50 bits per heavy atom. The Morgan fingerprint density at radius 2 is 2.14 bits per heavy atom. The SMILES string of the molecule is CCS(=O)CCNCC(=O)OC(C)C. The van der Waals surface area contributed by atoms with Crippen LogP contribution in [-0.4, -0.2) is 40.9 Å². The van der Waals surface area contributed by atoms with E-state index < -0.39 is 10.8 Å². The fraction of sp³-hybridized carbons (Fsp3) is 0.889. The molecule has 0 aliphatic carbocycles. The molecular weight excluding hydrogens is 202 g/mol. The molecule has 0 saturated carbocycles. The lowest BCUT2D eigenvalue weighted by Gasteiger charge is -2.08. The molecule has 0 aliphatic heterocycles. The summed E-state index contributed by atoms with van der Waals surface area (Å²) in [4.78, 5) is 11.0. The number of hydrogen-bond donors (Lipinski definition) is 1. The Hall–Kier alpha value is -0.420.